The van der Waals surface area contributed by atoms with Crippen LogP contribution in [0.3, 0.4) is 0 Å². The summed E-state index contributed by atoms with van der Waals surface area (Å²) in [5.41, 5.74) is -0.122. The van der Waals surface area contributed by atoms with Gasteiger partial charge in [-0.25, -0.2) is 17.6 Å². The van der Waals surface area contributed by atoms with Crippen LogP contribution in [0.4, 0.5) is 10.1 Å². The van der Waals surface area contributed by atoms with Crippen LogP contribution in [0.25, 0.3) is 0 Å². The molecule has 0 aliphatic carbocycles. The Kier molecular flexibility index (Phi) is 4.28. The van der Waals surface area contributed by atoms with Crippen LogP contribution in [0.5, 0.6) is 5.75 Å². The normalized spacial score (nSPS) is 11.3. The van der Waals surface area contributed by atoms with E-state index >= 15 is 0 Å². The Morgan fingerprint density at radius 3 is 2.43 bits per heavy atom. The van der Waals surface area contributed by atoms with Crippen LogP contribution in [0, 0.1) is 19.7 Å². The maximum absolute atomic E-state index is 14.2. The molecule has 0 aliphatic heterocycles. The second-order valence-corrected chi connectivity index (χ2v) is 6.66. The van der Waals surface area contributed by atoms with Gasteiger partial charge in [0.05, 0.1) is 11.3 Å². The number of aromatic carboxylic acids is 1. The van der Waals surface area contributed by atoms with Crippen molar-refractivity contribution in [3.05, 3.63) is 52.8 Å². The molecule has 2 rings (SSSR count). The second-order valence-electron chi connectivity index (χ2n) is 5.00. The van der Waals surface area contributed by atoms with Gasteiger partial charge in [-0.2, -0.15) is 0 Å². The second kappa shape index (κ2) is 5.88. The van der Waals surface area contributed by atoms with E-state index in [1.54, 1.807) is 13.0 Å². The lowest BCUT2D eigenvalue weighted by Gasteiger charge is -2.14. The highest BCUT2D eigenvalue weighted by molar-refractivity contribution is 7.92. The molecule has 23 heavy (non-hydrogen) atoms. The number of phenolic OH excluding ortho intramolecular Hbond substituents is 1. The van der Waals surface area contributed by atoms with Gasteiger partial charge in [-0.1, -0.05) is 12.1 Å². The summed E-state index contributed by atoms with van der Waals surface area (Å²) in [6, 6.07) is 6.44. The van der Waals surface area contributed by atoms with Crippen molar-refractivity contribution in [2.24, 2.45) is 0 Å². The van der Waals surface area contributed by atoms with E-state index in [9.17, 15) is 22.7 Å². The summed E-state index contributed by atoms with van der Waals surface area (Å²) in [5.74, 6) is -3.25. The van der Waals surface area contributed by atoms with E-state index in [4.69, 9.17) is 5.11 Å². The Morgan fingerprint density at radius 1 is 1.22 bits per heavy atom. The van der Waals surface area contributed by atoms with Crippen molar-refractivity contribution in [1.29, 1.82) is 0 Å². The van der Waals surface area contributed by atoms with Crippen molar-refractivity contribution >= 4 is 21.7 Å². The molecule has 6 nitrogen and oxygen atoms in total. The number of carbonyl (C=O) groups is 1. The van der Waals surface area contributed by atoms with Crippen LogP contribution in [-0.4, -0.2) is 24.6 Å². The Labute approximate surface area is 132 Å². The first kappa shape index (κ1) is 16.8. The number of rotatable bonds is 4. The third kappa shape index (κ3) is 3.26. The molecule has 0 saturated carbocycles. The lowest BCUT2D eigenvalue weighted by Crippen LogP contribution is -2.17. The first-order valence-corrected chi connectivity index (χ1v) is 7.96. The van der Waals surface area contributed by atoms with Crippen molar-refractivity contribution in [2.75, 3.05) is 4.72 Å². The summed E-state index contributed by atoms with van der Waals surface area (Å²) < 4.78 is 41.1. The monoisotopic (exact) mass is 339 g/mol. The number of carboxylic acids is 1. The number of sulfonamides is 1. The number of anilines is 1. The van der Waals surface area contributed by atoms with Crippen LogP contribution in [0.1, 0.15) is 21.5 Å². The fourth-order valence-corrected chi connectivity index (χ4v) is 3.39. The highest BCUT2D eigenvalue weighted by atomic mass is 32.2. The van der Waals surface area contributed by atoms with Gasteiger partial charge in [-0.15, -0.1) is 0 Å². The minimum Gasteiger partial charge on any atom is -0.506 e. The highest BCUT2D eigenvalue weighted by Crippen LogP contribution is 2.30. The number of hydrogen-bond donors (Lipinski definition) is 3. The minimum atomic E-state index is -4.42. The molecular formula is C15H14FNO5S. The predicted octanol–water partition coefficient (Wildman–Crippen LogP) is 2.65. The molecule has 2 aromatic carbocycles. The van der Waals surface area contributed by atoms with E-state index < -0.39 is 32.3 Å². The number of aryl methyl sites for hydroxylation is 2. The first-order chi connectivity index (χ1) is 10.6. The maximum atomic E-state index is 14.2. The van der Waals surface area contributed by atoms with E-state index in [2.05, 4.69) is 4.72 Å². The summed E-state index contributed by atoms with van der Waals surface area (Å²) in [6.45, 7) is 3.02. The molecule has 0 aliphatic rings. The molecule has 0 unspecified atom stereocenters. The standard InChI is InChI=1S/C15H14FNO5S/c1-8-6-10(15(19)20)13(16)12(7-8)23(21,22)17-14-9(2)4-3-5-11(14)18/h3-7,17-18H,1-2H3,(H,19,20). The van der Waals surface area contributed by atoms with E-state index in [1.165, 1.54) is 19.1 Å². The van der Waals surface area contributed by atoms with Crippen LogP contribution in [0.2, 0.25) is 0 Å². The number of nitrogens with one attached hydrogen (secondary N) is 1. The van der Waals surface area contributed by atoms with Gasteiger partial charge in [0.1, 0.15) is 10.6 Å². The van der Waals surface area contributed by atoms with Gasteiger partial charge in [0.25, 0.3) is 10.0 Å². The molecule has 0 amide bonds. The van der Waals surface area contributed by atoms with E-state index in [0.717, 1.165) is 12.1 Å². The third-order valence-electron chi connectivity index (χ3n) is 3.19. The van der Waals surface area contributed by atoms with Gasteiger partial charge in [-0.3, -0.25) is 4.72 Å². The van der Waals surface area contributed by atoms with Crippen molar-refractivity contribution in [3.63, 3.8) is 0 Å². The number of halogens is 1. The van der Waals surface area contributed by atoms with Gasteiger partial charge < -0.3 is 10.2 Å². The zero-order chi connectivity index (χ0) is 17.4. The summed E-state index contributed by atoms with van der Waals surface area (Å²) in [4.78, 5) is 10.2. The molecule has 3 N–H and O–H groups in total. The van der Waals surface area contributed by atoms with Crippen molar-refractivity contribution in [2.45, 2.75) is 18.7 Å². The molecule has 0 atom stereocenters. The van der Waals surface area contributed by atoms with Crippen molar-refractivity contribution in [3.8, 4) is 5.75 Å². The van der Waals surface area contributed by atoms with Gasteiger partial charge in [0.2, 0.25) is 0 Å². The summed E-state index contributed by atoms with van der Waals surface area (Å²) in [6.07, 6.45) is 0. The van der Waals surface area contributed by atoms with Gasteiger partial charge in [0.15, 0.2) is 5.82 Å². The largest absolute Gasteiger partial charge is 0.506 e. The summed E-state index contributed by atoms with van der Waals surface area (Å²) >= 11 is 0. The summed E-state index contributed by atoms with van der Waals surface area (Å²) in [5, 5.41) is 18.7. The Balaban J connectivity index is 2.59. The number of para-hydroxylation sites is 1. The van der Waals surface area contributed by atoms with Crippen LogP contribution < -0.4 is 4.72 Å². The molecule has 0 radical (unpaired) electrons. The summed E-state index contributed by atoms with van der Waals surface area (Å²) in [7, 11) is -4.42. The molecule has 0 fully saturated rings. The predicted molar refractivity (Wildman–Crippen MR) is 81.7 cm³/mol. The van der Waals surface area contributed by atoms with Crippen LogP contribution in [0.15, 0.2) is 35.2 Å². The Bertz CT molecular complexity index is 873. The number of benzene rings is 2. The fourth-order valence-electron chi connectivity index (χ4n) is 2.06. The van der Waals surface area contributed by atoms with Gasteiger partial charge in [0, 0.05) is 0 Å². The Morgan fingerprint density at radius 2 is 1.87 bits per heavy atom. The van der Waals surface area contributed by atoms with E-state index in [-0.39, 0.29) is 17.0 Å². The topological polar surface area (TPSA) is 104 Å². The van der Waals surface area contributed by atoms with Gasteiger partial charge >= 0.3 is 5.97 Å². The quantitative estimate of drug-likeness (QED) is 0.743. The molecule has 0 saturated heterocycles. The molecule has 0 heterocycles. The maximum Gasteiger partial charge on any atom is 0.338 e. The minimum absolute atomic E-state index is 0.0923. The molecule has 122 valence electrons. The fraction of sp³-hybridized carbons (Fsp3) is 0.133. The van der Waals surface area contributed by atoms with Gasteiger partial charge in [-0.05, 0) is 43.2 Å². The lowest BCUT2D eigenvalue weighted by molar-refractivity contribution is 0.0691. The Hall–Kier alpha value is -2.61. The van der Waals surface area contributed by atoms with Crippen molar-refractivity contribution < 1.29 is 27.8 Å². The van der Waals surface area contributed by atoms with Crippen LogP contribution >= 0.6 is 0 Å². The molecule has 0 spiro atoms. The molecule has 8 heteroatoms. The number of carboxylic acid groups (broad SMARTS) is 1. The average molecular weight is 339 g/mol. The smallest absolute Gasteiger partial charge is 0.338 e. The molecule has 0 aromatic heterocycles. The molecule has 0 bridgehead atoms. The van der Waals surface area contributed by atoms with E-state index in [1.807, 2.05) is 0 Å². The number of phenols is 1. The SMILES string of the molecule is Cc1cc(C(=O)O)c(F)c(S(=O)(=O)Nc2c(C)cccc2O)c1. The molecule has 2 aromatic rings. The highest BCUT2D eigenvalue weighted by Gasteiger charge is 2.26. The average Bonchev–Trinajstić information content (AvgIpc) is 2.45. The lowest BCUT2D eigenvalue weighted by atomic mass is 10.1. The van der Waals surface area contributed by atoms with Crippen LogP contribution in [-0.2, 0) is 10.0 Å². The van der Waals surface area contributed by atoms with E-state index in [0.29, 0.717) is 5.56 Å². The first-order valence-electron chi connectivity index (χ1n) is 6.48. The zero-order valence-corrected chi connectivity index (χ0v) is 13.1. The third-order valence-corrected chi connectivity index (χ3v) is 4.54. The number of aromatic hydroxyl groups is 1. The van der Waals surface area contributed by atoms with Crippen molar-refractivity contribution in [1.82, 2.24) is 0 Å². The molecular weight excluding hydrogens is 325 g/mol. The zero-order valence-electron chi connectivity index (χ0n) is 12.3. The number of hydrogen-bond acceptors (Lipinski definition) is 4.